The van der Waals surface area contributed by atoms with Crippen molar-refractivity contribution in [3.05, 3.63) is 55.4 Å². The van der Waals surface area contributed by atoms with E-state index in [9.17, 15) is 14.4 Å². The first-order valence-electron chi connectivity index (χ1n) is 8.14. The lowest BCUT2D eigenvalue weighted by atomic mass is 10.3. The SMILES string of the molecule is Cn1c(=O)c2c(ncn2CC(=O)OCCOc2c(Cl)cccc2Cl)n(C)c1=O. The van der Waals surface area contributed by atoms with Gasteiger partial charge in [0.25, 0.3) is 5.56 Å². The predicted molar refractivity (Wildman–Crippen MR) is 103 cm³/mol. The summed E-state index contributed by atoms with van der Waals surface area (Å²) in [5.74, 6) is -0.282. The first kappa shape index (κ1) is 20.0. The van der Waals surface area contributed by atoms with Crippen molar-refractivity contribution in [1.82, 2.24) is 18.7 Å². The lowest BCUT2D eigenvalue weighted by Gasteiger charge is -2.10. The number of hydrogen-bond donors (Lipinski definition) is 0. The van der Waals surface area contributed by atoms with Crippen LogP contribution in [-0.4, -0.2) is 37.9 Å². The lowest BCUT2D eigenvalue weighted by molar-refractivity contribution is -0.145. The standard InChI is InChI=1S/C17H16Cl2N4O5/c1-21-15-13(16(25)22(2)17(21)26)23(9-20-15)8-12(24)27-6-7-28-14-10(18)4-3-5-11(14)19/h3-5,9H,6-8H2,1-2H3. The molecule has 0 saturated heterocycles. The Bertz CT molecular complexity index is 1140. The molecule has 0 unspecified atom stereocenters. The van der Waals surface area contributed by atoms with Gasteiger partial charge in [0.2, 0.25) is 0 Å². The molecule has 1 aromatic carbocycles. The van der Waals surface area contributed by atoms with Gasteiger partial charge in [-0.25, -0.2) is 9.78 Å². The maximum Gasteiger partial charge on any atom is 0.332 e. The van der Waals surface area contributed by atoms with Gasteiger partial charge in [0.05, 0.1) is 16.4 Å². The summed E-state index contributed by atoms with van der Waals surface area (Å²) in [5.41, 5.74) is -0.709. The molecule has 0 saturated carbocycles. The summed E-state index contributed by atoms with van der Waals surface area (Å²) in [6.07, 6.45) is 1.31. The number of aryl methyl sites for hydroxylation is 1. The molecule has 2 heterocycles. The third kappa shape index (κ3) is 3.76. The highest BCUT2D eigenvalue weighted by molar-refractivity contribution is 6.37. The van der Waals surface area contributed by atoms with E-state index in [1.165, 1.54) is 29.6 Å². The predicted octanol–water partition coefficient (Wildman–Crippen LogP) is 1.36. The van der Waals surface area contributed by atoms with Crippen molar-refractivity contribution in [3.8, 4) is 5.75 Å². The summed E-state index contributed by atoms with van der Waals surface area (Å²) in [6.45, 7) is -0.226. The van der Waals surface area contributed by atoms with E-state index in [0.717, 1.165) is 4.57 Å². The molecule has 0 aliphatic carbocycles. The number of imidazole rings is 1. The highest BCUT2D eigenvalue weighted by Gasteiger charge is 2.16. The minimum Gasteiger partial charge on any atom is -0.487 e. The van der Waals surface area contributed by atoms with Gasteiger partial charge in [-0.1, -0.05) is 29.3 Å². The third-order valence-corrected chi connectivity index (χ3v) is 4.62. The Hall–Kier alpha value is -2.78. The van der Waals surface area contributed by atoms with Crippen LogP contribution in [0, 0.1) is 0 Å². The highest BCUT2D eigenvalue weighted by Crippen LogP contribution is 2.32. The zero-order chi connectivity index (χ0) is 20.4. The molecule has 0 N–H and O–H groups in total. The van der Waals surface area contributed by atoms with E-state index in [0.29, 0.717) is 15.8 Å². The van der Waals surface area contributed by atoms with Gasteiger partial charge in [0.1, 0.15) is 19.8 Å². The van der Waals surface area contributed by atoms with Crippen LogP contribution >= 0.6 is 23.2 Å². The molecule has 0 amide bonds. The second-order valence-corrected chi connectivity index (χ2v) is 6.68. The monoisotopic (exact) mass is 426 g/mol. The summed E-state index contributed by atoms with van der Waals surface area (Å²) in [5, 5.41) is 0.704. The second-order valence-electron chi connectivity index (χ2n) is 5.87. The van der Waals surface area contributed by atoms with E-state index in [1.807, 2.05) is 0 Å². The molecule has 0 atom stereocenters. The van der Waals surface area contributed by atoms with Crippen LogP contribution < -0.4 is 16.0 Å². The molecule has 0 spiro atoms. The first-order chi connectivity index (χ1) is 13.3. The molecular formula is C17H16Cl2N4O5. The van der Waals surface area contributed by atoms with Crippen molar-refractivity contribution in [2.75, 3.05) is 13.2 Å². The van der Waals surface area contributed by atoms with Crippen molar-refractivity contribution in [2.45, 2.75) is 6.54 Å². The number of nitrogens with zero attached hydrogens (tertiary/aromatic N) is 4. The number of ether oxygens (including phenoxy) is 2. The van der Waals surface area contributed by atoms with Gasteiger partial charge in [-0.15, -0.1) is 0 Å². The van der Waals surface area contributed by atoms with Crippen LogP contribution in [0.15, 0.2) is 34.1 Å². The number of carbonyl (C=O) groups excluding carboxylic acids is 1. The molecule has 11 heteroatoms. The Morgan fingerprint density at radius 2 is 1.79 bits per heavy atom. The number of esters is 1. The number of benzene rings is 1. The van der Waals surface area contributed by atoms with Gasteiger partial charge in [0.15, 0.2) is 16.9 Å². The van der Waals surface area contributed by atoms with E-state index in [-0.39, 0.29) is 30.9 Å². The molecule has 2 aromatic heterocycles. The molecule has 3 rings (SSSR count). The number of halogens is 2. The lowest BCUT2D eigenvalue weighted by Crippen LogP contribution is -2.37. The van der Waals surface area contributed by atoms with Crippen molar-refractivity contribution in [1.29, 1.82) is 0 Å². The van der Waals surface area contributed by atoms with Gasteiger partial charge >= 0.3 is 11.7 Å². The molecule has 0 radical (unpaired) electrons. The maximum atomic E-state index is 12.3. The van der Waals surface area contributed by atoms with Crippen LogP contribution in [0.2, 0.25) is 10.0 Å². The van der Waals surface area contributed by atoms with E-state index < -0.39 is 17.2 Å². The fraction of sp³-hybridized carbons (Fsp3) is 0.294. The average Bonchev–Trinajstić information content (AvgIpc) is 3.07. The quantitative estimate of drug-likeness (QED) is 0.436. The fourth-order valence-corrected chi connectivity index (χ4v) is 3.13. The molecule has 9 nitrogen and oxygen atoms in total. The Kier molecular flexibility index (Phi) is 5.76. The van der Waals surface area contributed by atoms with Crippen molar-refractivity contribution >= 4 is 40.3 Å². The number of rotatable bonds is 6. The molecule has 0 aliphatic heterocycles. The Balaban J connectivity index is 1.64. The molecule has 28 heavy (non-hydrogen) atoms. The van der Waals surface area contributed by atoms with Gasteiger partial charge in [-0.3, -0.25) is 18.7 Å². The van der Waals surface area contributed by atoms with Crippen LogP contribution in [-0.2, 0) is 30.2 Å². The maximum absolute atomic E-state index is 12.3. The van der Waals surface area contributed by atoms with Crippen molar-refractivity contribution < 1.29 is 14.3 Å². The topological polar surface area (TPSA) is 97.3 Å². The highest BCUT2D eigenvalue weighted by atomic mass is 35.5. The zero-order valence-corrected chi connectivity index (χ0v) is 16.5. The van der Waals surface area contributed by atoms with Crippen LogP contribution in [0.1, 0.15) is 0 Å². The van der Waals surface area contributed by atoms with Crippen LogP contribution in [0.25, 0.3) is 11.2 Å². The largest absolute Gasteiger partial charge is 0.487 e. The zero-order valence-electron chi connectivity index (χ0n) is 15.0. The van der Waals surface area contributed by atoms with E-state index >= 15 is 0 Å². The van der Waals surface area contributed by atoms with Gasteiger partial charge in [0, 0.05) is 14.1 Å². The van der Waals surface area contributed by atoms with Crippen LogP contribution in [0.4, 0.5) is 0 Å². The Labute approximate surface area is 168 Å². The van der Waals surface area contributed by atoms with Gasteiger partial charge in [-0.05, 0) is 12.1 Å². The fourth-order valence-electron chi connectivity index (χ4n) is 2.62. The minimum absolute atomic E-state index is 0.0382. The normalized spacial score (nSPS) is 11.0. The summed E-state index contributed by atoms with van der Waals surface area (Å²) in [6, 6.07) is 4.95. The average molecular weight is 427 g/mol. The van der Waals surface area contributed by atoms with Crippen LogP contribution in [0.5, 0.6) is 5.75 Å². The first-order valence-corrected chi connectivity index (χ1v) is 8.90. The van der Waals surface area contributed by atoms with Crippen molar-refractivity contribution in [3.63, 3.8) is 0 Å². The molecule has 0 fully saturated rings. The number of carbonyl (C=O) groups is 1. The van der Waals surface area contributed by atoms with Crippen molar-refractivity contribution in [2.24, 2.45) is 14.1 Å². The van der Waals surface area contributed by atoms with E-state index in [1.54, 1.807) is 18.2 Å². The number of hydrogen-bond acceptors (Lipinski definition) is 6. The number of para-hydroxylation sites is 1. The molecular weight excluding hydrogens is 411 g/mol. The minimum atomic E-state index is -0.593. The summed E-state index contributed by atoms with van der Waals surface area (Å²) in [7, 11) is 2.86. The molecule has 0 aliphatic rings. The summed E-state index contributed by atoms with van der Waals surface area (Å²) >= 11 is 12.0. The van der Waals surface area contributed by atoms with E-state index in [2.05, 4.69) is 4.98 Å². The van der Waals surface area contributed by atoms with Gasteiger partial charge < -0.3 is 14.0 Å². The molecule has 148 valence electrons. The molecule has 0 bridgehead atoms. The van der Waals surface area contributed by atoms with Gasteiger partial charge in [-0.2, -0.15) is 0 Å². The second kappa shape index (κ2) is 8.07. The number of aromatic nitrogens is 4. The smallest absolute Gasteiger partial charge is 0.332 e. The third-order valence-electron chi connectivity index (χ3n) is 4.03. The van der Waals surface area contributed by atoms with Crippen LogP contribution in [0.3, 0.4) is 0 Å². The Morgan fingerprint density at radius 3 is 2.46 bits per heavy atom. The summed E-state index contributed by atoms with van der Waals surface area (Å²) in [4.78, 5) is 40.4. The summed E-state index contributed by atoms with van der Waals surface area (Å²) < 4.78 is 14.1. The van der Waals surface area contributed by atoms with E-state index in [4.69, 9.17) is 32.7 Å². The Morgan fingerprint density at radius 1 is 1.11 bits per heavy atom. The number of fused-ring (bicyclic) bond motifs is 1. The molecule has 3 aromatic rings.